The number of nitrogens with one attached hydrogen (secondary N) is 1. The Bertz CT molecular complexity index is 545. The highest BCUT2D eigenvalue weighted by Gasteiger charge is 2.03. The molecule has 0 bridgehead atoms. The van der Waals surface area contributed by atoms with Crippen LogP contribution < -0.4 is 11.1 Å². The van der Waals surface area contributed by atoms with Crippen LogP contribution in [-0.2, 0) is 11.3 Å². The predicted octanol–water partition coefficient (Wildman–Crippen LogP) is 2.48. The lowest BCUT2D eigenvalue weighted by molar-refractivity contribution is 0.128. The third-order valence-electron chi connectivity index (χ3n) is 2.34. The lowest BCUT2D eigenvalue weighted by Gasteiger charge is -2.08. The minimum atomic E-state index is -0.287. The molecule has 0 amide bonds. The zero-order valence-electron chi connectivity index (χ0n) is 10.6. The van der Waals surface area contributed by atoms with Crippen LogP contribution in [0.15, 0.2) is 30.3 Å². The molecule has 0 saturated heterocycles. The summed E-state index contributed by atoms with van der Waals surface area (Å²) in [4.78, 5) is 8.34. The third kappa shape index (κ3) is 3.89. The number of ether oxygens (including phenoxy) is 1. The van der Waals surface area contributed by atoms with Crippen molar-refractivity contribution in [1.82, 2.24) is 9.97 Å². The van der Waals surface area contributed by atoms with Crippen LogP contribution in [0.4, 0.5) is 21.7 Å². The number of anilines is 3. The number of halogens is 1. The van der Waals surface area contributed by atoms with Crippen molar-refractivity contribution in [2.24, 2.45) is 0 Å². The first-order valence-corrected chi connectivity index (χ1v) is 5.91. The standard InChI is InChI=1S/C13H15FN4O/c1-2-19-8-13-17-11(15)7-12(18-13)16-10-5-3-9(14)4-6-10/h3-7H,2,8H2,1H3,(H3,15,16,17,18). The first-order valence-electron chi connectivity index (χ1n) is 5.91. The highest BCUT2D eigenvalue weighted by molar-refractivity contribution is 5.58. The first-order chi connectivity index (χ1) is 9.17. The fraction of sp³-hybridized carbons (Fsp3) is 0.231. The SMILES string of the molecule is CCOCc1nc(N)cc(Nc2ccc(F)cc2)n1. The van der Waals surface area contributed by atoms with Gasteiger partial charge in [0.2, 0.25) is 0 Å². The number of nitrogens with zero attached hydrogens (tertiary/aromatic N) is 2. The summed E-state index contributed by atoms with van der Waals surface area (Å²) < 4.78 is 18.0. The number of rotatable bonds is 5. The molecule has 0 fully saturated rings. The Labute approximate surface area is 110 Å². The first kappa shape index (κ1) is 13.2. The van der Waals surface area contributed by atoms with Gasteiger partial charge >= 0.3 is 0 Å². The lowest BCUT2D eigenvalue weighted by atomic mass is 10.3. The van der Waals surface area contributed by atoms with E-state index in [1.807, 2.05) is 6.92 Å². The van der Waals surface area contributed by atoms with E-state index in [9.17, 15) is 4.39 Å². The van der Waals surface area contributed by atoms with Crippen LogP contribution in [0.3, 0.4) is 0 Å². The van der Waals surface area contributed by atoms with Gasteiger partial charge in [-0.3, -0.25) is 0 Å². The Balaban J connectivity index is 2.15. The molecule has 0 aliphatic carbocycles. The van der Waals surface area contributed by atoms with Crippen molar-refractivity contribution in [2.45, 2.75) is 13.5 Å². The third-order valence-corrected chi connectivity index (χ3v) is 2.34. The van der Waals surface area contributed by atoms with Crippen molar-refractivity contribution in [3.05, 3.63) is 42.0 Å². The maximum Gasteiger partial charge on any atom is 0.158 e. The molecule has 0 aliphatic heterocycles. The second-order valence-electron chi connectivity index (χ2n) is 3.86. The van der Waals surface area contributed by atoms with Crippen molar-refractivity contribution >= 4 is 17.3 Å². The number of benzene rings is 1. The van der Waals surface area contributed by atoms with Crippen molar-refractivity contribution in [3.63, 3.8) is 0 Å². The molecule has 0 spiro atoms. The molecule has 1 heterocycles. The van der Waals surface area contributed by atoms with E-state index in [0.717, 1.165) is 5.69 Å². The molecule has 0 unspecified atom stereocenters. The molecule has 0 saturated carbocycles. The van der Waals surface area contributed by atoms with Gasteiger partial charge in [-0.2, -0.15) is 0 Å². The molecule has 2 aromatic rings. The summed E-state index contributed by atoms with van der Waals surface area (Å²) in [6.45, 7) is 2.78. The van der Waals surface area contributed by atoms with Gasteiger partial charge in [-0.25, -0.2) is 14.4 Å². The summed E-state index contributed by atoms with van der Waals surface area (Å²) in [5, 5.41) is 3.04. The van der Waals surface area contributed by atoms with E-state index in [1.54, 1.807) is 18.2 Å². The molecule has 0 atom stereocenters. The van der Waals surface area contributed by atoms with Crippen LogP contribution in [0.5, 0.6) is 0 Å². The van der Waals surface area contributed by atoms with E-state index in [0.29, 0.717) is 30.7 Å². The van der Waals surface area contributed by atoms with Gasteiger partial charge in [-0.05, 0) is 31.2 Å². The Morgan fingerprint density at radius 3 is 2.68 bits per heavy atom. The van der Waals surface area contributed by atoms with Crippen LogP contribution in [0.25, 0.3) is 0 Å². The summed E-state index contributed by atoms with van der Waals surface area (Å²) in [6, 6.07) is 7.59. The fourth-order valence-corrected chi connectivity index (χ4v) is 1.52. The van der Waals surface area contributed by atoms with Crippen LogP contribution in [0.2, 0.25) is 0 Å². The highest BCUT2D eigenvalue weighted by Crippen LogP contribution is 2.16. The van der Waals surface area contributed by atoms with Crippen LogP contribution in [-0.4, -0.2) is 16.6 Å². The van der Waals surface area contributed by atoms with E-state index < -0.39 is 0 Å². The van der Waals surface area contributed by atoms with Crippen molar-refractivity contribution in [3.8, 4) is 0 Å². The average molecular weight is 262 g/mol. The average Bonchev–Trinajstić information content (AvgIpc) is 2.38. The van der Waals surface area contributed by atoms with Gasteiger partial charge < -0.3 is 15.8 Å². The summed E-state index contributed by atoms with van der Waals surface area (Å²) in [7, 11) is 0. The van der Waals surface area contributed by atoms with Gasteiger partial charge in [0.25, 0.3) is 0 Å². The topological polar surface area (TPSA) is 73.1 Å². The van der Waals surface area contributed by atoms with E-state index in [1.165, 1.54) is 12.1 Å². The van der Waals surface area contributed by atoms with Gasteiger partial charge in [0.05, 0.1) is 0 Å². The molecule has 1 aromatic heterocycles. The van der Waals surface area contributed by atoms with Crippen LogP contribution >= 0.6 is 0 Å². The summed E-state index contributed by atoms with van der Waals surface area (Å²) >= 11 is 0. The van der Waals surface area contributed by atoms with Crippen molar-refractivity contribution < 1.29 is 9.13 Å². The normalized spacial score (nSPS) is 10.4. The minimum Gasteiger partial charge on any atom is -0.384 e. The van der Waals surface area contributed by atoms with E-state index in [4.69, 9.17) is 10.5 Å². The molecule has 0 radical (unpaired) electrons. The molecular weight excluding hydrogens is 247 g/mol. The monoisotopic (exact) mass is 262 g/mol. The minimum absolute atomic E-state index is 0.287. The maximum absolute atomic E-state index is 12.8. The van der Waals surface area contributed by atoms with E-state index in [2.05, 4.69) is 15.3 Å². The number of hydrogen-bond donors (Lipinski definition) is 2. The van der Waals surface area contributed by atoms with Gasteiger partial charge in [0, 0.05) is 18.4 Å². The zero-order valence-corrected chi connectivity index (χ0v) is 10.6. The smallest absolute Gasteiger partial charge is 0.158 e. The molecule has 0 aliphatic rings. The summed E-state index contributed by atoms with van der Waals surface area (Å²) in [6.07, 6.45) is 0. The molecular formula is C13H15FN4O. The Hall–Kier alpha value is -2.21. The molecule has 100 valence electrons. The van der Waals surface area contributed by atoms with Gasteiger partial charge in [-0.15, -0.1) is 0 Å². The van der Waals surface area contributed by atoms with Crippen LogP contribution in [0.1, 0.15) is 12.7 Å². The molecule has 3 N–H and O–H groups in total. The van der Waals surface area contributed by atoms with E-state index >= 15 is 0 Å². The Morgan fingerprint density at radius 1 is 1.26 bits per heavy atom. The fourth-order valence-electron chi connectivity index (χ4n) is 1.52. The van der Waals surface area contributed by atoms with Gasteiger partial charge in [0.15, 0.2) is 5.82 Å². The second-order valence-corrected chi connectivity index (χ2v) is 3.86. The van der Waals surface area contributed by atoms with Crippen molar-refractivity contribution in [2.75, 3.05) is 17.7 Å². The number of aromatic nitrogens is 2. The maximum atomic E-state index is 12.8. The predicted molar refractivity (Wildman–Crippen MR) is 71.5 cm³/mol. The zero-order chi connectivity index (χ0) is 13.7. The largest absolute Gasteiger partial charge is 0.384 e. The molecule has 5 nitrogen and oxygen atoms in total. The molecule has 1 aromatic carbocycles. The molecule has 2 rings (SSSR count). The highest BCUT2D eigenvalue weighted by atomic mass is 19.1. The second kappa shape index (κ2) is 6.10. The lowest BCUT2D eigenvalue weighted by Crippen LogP contribution is -2.05. The molecule has 19 heavy (non-hydrogen) atoms. The van der Waals surface area contributed by atoms with Crippen LogP contribution in [0, 0.1) is 5.82 Å². The van der Waals surface area contributed by atoms with Crippen molar-refractivity contribution in [1.29, 1.82) is 0 Å². The quantitative estimate of drug-likeness (QED) is 0.866. The Kier molecular flexibility index (Phi) is 4.25. The van der Waals surface area contributed by atoms with E-state index in [-0.39, 0.29) is 5.82 Å². The number of nitrogen functional groups attached to an aromatic ring is 1. The van der Waals surface area contributed by atoms with Gasteiger partial charge in [-0.1, -0.05) is 0 Å². The summed E-state index contributed by atoms with van der Waals surface area (Å²) in [5.41, 5.74) is 6.43. The molecule has 6 heteroatoms. The number of hydrogen-bond acceptors (Lipinski definition) is 5. The number of nitrogens with two attached hydrogens (primary N) is 1. The van der Waals surface area contributed by atoms with Gasteiger partial charge in [0.1, 0.15) is 24.1 Å². The Morgan fingerprint density at radius 2 is 2.00 bits per heavy atom. The summed E-state index contributed by atoms with van der Waals surface area (Å²) in [5.74, 6) is 1.12.